The lowest BCUT2D eigenvalue weighted by Gasteiger charge is -2.04. The Labute approximate surface area is 106 Å². The van der Waals surface area contributed by atoms with Gasteiger partial charge in [-0.2, -0.15) is 0 Å². The molecule has 0 spiro atoms. The Balaban J connectivity index is 2.96. The molecule has 0 saturated carbocycles. The monoisotopic (exact) mass is 243 g/mol. The van der Waals surface area contributed by atoms with E-state index in [9.17, 15) is 4.79 Å². The number of nitrogens with two attached hydrogens (primary N) is 1. The molecule has 2 amide bonds. The minimum Gasteiger partial charge on any atom is -0.337 e. The van der Waals surface area contributed by atoms with E-state index in [1.807, 2.05) is 0 Å². The standard InChI is InChI=1S/C13H29N3O/c1-2-3-4-5-6-7-8-9-10-11-12-15-13(17)16-14/h2-12,14H2,1H3,(H2,15,16,17). The molecular weight excluding hydrogens is 214 g/mol. The molecule has 4 nitrogen and oxygen atoms in total. The van der Waals surface area contributed by atoms with Crippen LogP contribution in [0, 0.1) is 0 Å². The van der Waals surface area contributed by atoms with Gasteiger partial charge in [-0.1, -0.05) is 64.7 Å². The highest BCUT2D eigenvalue weighted by atomic mass is 16.2. The summed E-state index contributed by atoms with van der Waals surface area (Å²) in [6, 6.07) is -0.291. The normalized spacial score (nSPS) is 10.2. The summed E-state index contributed by atoms with van der Waals surface area (Å²) in [6.07, 6.45) is 13.1. The molecule has 0 rings (SSSR count). The summed E-state index contributed by atoms with van der Waals surface area (Å²) in [5.41, 5.74) is 2.05. The highest BCUT2D eigenvalue weighted by Crippen LogP contribution is 2.10. The molecular formula is C13H29N3O. The Kier molecular flexibility index (Phi) is 12.7. The minimum atomic E-state index is -0.291. The van der Waals surface area contributed by atoms with Gasteiger partial charge >= 0.3 is 6.03 Å². The number of carbonyl (C=O) groups is 1. The fourth-order valence-electron chi connectivity index (χ4n) is 1.87. The summed E-state index contributed by atoms with van der Waals surface area (Å²) in [6.45, 7) is 2.97. The van der Waals surface area contributed by atoms with Gasteiger partial charge in [-0.05, 0) is 6.42 Å². The SMILES string of the molecule is CCCCCCCCCCCCNC(=O)NN. The summed E-state index contributed by atoms with van der Waals surface area (Å²) >= 11 is 0. The fourth-order valence-corrected chi connectivity index (χ4v) is 1.87. The summed E-state index contributed by atoms with van der Waals surface area (Å²) in [7, 11) is 0. The first kappa shape index (κ1) is 16.2. The predicted molar refractivity (Wildman–Crippen MR) is 72.6 cm³/mol. The molecule has 0 unspecified atom stereocenters. The summed E-state index contributed by atoms with van der Waals surface area (Å²) in [5, 5.41) is 2.68. The minimum absolute atomic E-state index is 0.291. The fraction of sp³-hybridized carbons (Fsp3) is 0.923. The number of rotatable bonds is 11. The van der Waals surface area contributed by atoms with E-state index in [0.717, 1.165) is 13.0 Å². The first-order chi connectivity index (χ1) is 8.31. The van der Waals surface area contributed by atoms with Gasteiger partial charge in [-0.15, -0.1) is 0 Å². The van der Waals surface area contributed by atoms with Crippen LogP contribution in [0.25, 0.3) is 0 Å². The van der Waals surface area contributed by atoms with E-state index in [1.54, 1.807) is 0 Å². The molecule has 0 radical (unpaired) electrons. The highest BCUT2D eigenvalue weighted by Gasteiger charge is 1.95. The Hall–Kier alpha value is -0.770. The van der Waals surface area contributed by atoms with E-state index in [1.165, 1.54) is 57.8 Å². The zero-order chi connectivity index (χ0) is 12.8. The van der Waals surface area contributed by atoms with Crippen molar-refractivity contribution in [1.29, 1.82) is 0 Å². The van der Waals surface area contributed by atoms with Crippen molar-refractivity contribution >= 4 is 6.03 Å². The number of hydrogen-bond donors (Lipinski definition) is 3. The molecule has 0 aliphatic carbocycles. The zero-order valence-corrected chi connectivity index (χ0v) is 11.3. The van der Waals surface area contributed by atoms with Crippen molar-refractivity contribution in [2.75, 3.05) is 6.54 Å². The van der Waals surface area contributed by atoms with E-state index in [-0.39, 0.29) is 6.03 Å². The highest BCUT2D eigenvalue weighted by molar-refractivity contribution is 5.72. The molecule has 17 heavy (non-hydrogen) atoms. The van der Waals surface area contributed by atoms with Crippen LogP contribution in [0.3, 0.4) is 0 Å². The molecule has 0 aromatic carbocycles. The van der Waals surface area contributed by atoms with Crippen LogP contribution in [-0.4, -0.2) is 12.6 Å². The van der Waals surface area contributed by atoms with Crippen LogP contribution in [0.5, 0.6) is 0 Å². The Morgan fingerprint density at radius 1 is 0.882 bits per heavy atom. The van der Waals surface area contributed by atoms with Gasteiger partial charge in [-0.25, -0.2) is 10.6 Å². The average Bonchev–Trinajstić information content (AvgIpc) is 2.35. The zero-order valence-electron chi connectivity index (χ0n) is 11.3. The van der Waals surface area contributed by atoms with Crippen LogP contribution in [0.2, 0.25) is 0 Å². The molecule has 102 valence electrons. The number of urea groups is 1. The van der Waals surface area contributed by atoms with Gasteiger partial charge < -0.3 is 5.32 Å². The number of amides is 2. The second kappa shape index (κ2) is 13.3. The van der Waals surface area contributed by atoms with Crippen LogP contribution in [0.4, 0.5) is 4.79 Å². The van der Waals surface area contributed by atoms with Gasteiger partial charge in [0.05, 0.1) is 0 Å². The van der Waals surface area contributed by atoms with E-state index >= 15 is 0 Å². The first-order valence-corrected chi connectivity index (χ1v) is 7.05. The topological polar surface area (TPSA) is 67.2 Å². The molecule has 0 aliphatic heterocycles. The summed E-state index contributed by atoms with van der Waals surface area (Å²) in [4.78, 5) is 10.7. The first-order valence-electron chi connectivity index (χ1n) is 7.05. The van der Waals surface area contributed by atoms with Crippen LogP contribution in [-0.2, 0) is 0 Å². The number of unbranched alkanes of at least 4 members (excludes halogenated alkanes) is 9. The van der Waals surface area contributed by atoms with Crippen molar-refractivity contribution in [3.8, 4) is 0 Å². The van der Waals surface area contributed by atoms with Crippen molar-refractivity contribution in [1.82, 2.24) is 10.7 Å². The maximum Gasteiger partial charge on any atom is 0.328 e. The number of carbonyl (C=O) groups excluding carboxylic acids is 1. The summed E-state index contributed by atoms with van der Waals surface area (Å²) < 4.78 is 0. The smallest absolute Gasteiger partial charge is 0.328 e. The van der Waals surface area contributed by atoms with Gasteiger partial charge in [0.25, 0.3) is 0 Å². The van der Waals surface area contributed by atoms with Gasteiger partial charge in [-0.3, -0.25) is 5.43 Å². The van der Waals surface area contributed by atoms with E-state index in [2.05, 4.69) is 17.7 Å². The van der Waals surface area contributed by atoms with Gasteiger partial charge in [0.15, 0.2) is 0 Å². The van der Waals surface area contributed by atoms with E-state index in [4.69, 9.17) is 5.84 Å². The quantitative estimate of drug-likeness (QED) is 0.226. The largest absolute Gasteiger partial charge is 0.337 e. The maximum atomic E-state index is 10.7. The summed E-state index contributed by atoms with van der Waals surface area (Å²) in [5.74, 6) is 4.94. The molecule has 4 heteroatoms. The van der Waals surface area contributed by atoms with Gasteiger partial charge in [0.2, 0.25) is 0 Å². The maximum absolute atomic E-state index is 10.7. The van der Waals surface area contributed by atoms with E-state index in [0.29, 0.717) is 0 Å². The number of hydrazine groups is 1. The van der Waals surface area contributed by atoms with Crippen LogP contribution in [0.15, 0.2) is 0 Å². The second-order valence-electron chi connectivity index (χ2n) is 4.58. The average molecular weight is 243 g/mol. The second-order valence-corrected chi connectivity index (χ2v) is 4.58. The van der Waals surface area contributed by atoms with Crippen LogP contribution < -0.4 is 16.6 Å². The third-order valence-corrected chi connectivity index (χ3v) is 2.95. The molecule has 0 aliphatic rings. The Morgan fingerprint density at radius 2 is 1.35 bits per heavy atom. The van der Waals surface area contributed by atoms with Crippen molar-refractivity contribution in [2.45, 2.75) is 71.1 Å². The molecule has 0 fully saturated rings. The van der Waals surface area contributed by atoms with Crippen molar-refractivity contribution < 1.29 is 4.79 Å². The lowest BCUT2D eigenvalue weighted by atomic mass is 10.1. The Morgan fingerprint density at radius 3 is 1.82 bits per heavy atom. The molecule has 0 heterocycles. The molecule has 0 atom stereocenters. The number of hydrogen-bond acceptors (Lipinski definition) is 2. The Bertz CT molecular complexity index is 174. The van der Waals surface area contributed by atoms with Crippen molar-refractivity contribution in [3.05, 3.63) is 0 Å². The van der Waals surface area contributed by atoms with Gasteiger partial charge in [0.1, 0.15) is 0 Å². The lowest BCUT2D eigenvalue weighted by molar-refractivity contribution is 0.241. The number of nitrogens with one attached hydrogen (secondary N) is 2. The molecule has 4 N–H and O–H groups in total. The molecule has 0 aromatic heterocycles. The third kappa shape index (κ3) is 13.2. The van der Waals surface area contributed by atoms with Crippen LogP contribution in [0.1, 0.15) is 71.1 Å². The predicted octanol–water partition coefficient (Wildman–Crippen LogP) is 3.08. The third-order valence-electron chi connectivity index (χ3n) is 2.95. The van der Waals surface area contributed by atoms with Crippen LogP contribution >= 0.6 is 0 Å². The lowest BCUT2D eigenvalue weighted by Crippen LogP contribution is -2.40. The molecule has 0 saturated heterocycles. The van der Waals surface area contributed by atoms with E-state index < -0.39 is 0 Å². The van der Waals surface area contributed by atoms with Crippen molar-refractivity contribution in [2.24, 2.45) is 5.84 Å². The molecule has 0 aromatic rings. The van der Waals surface area contributed by atoms with Gasteiger partial charge in [0, 0.05) is 6.54 Å². The van der Waals surface area contributed by atoms with Crippen molar-refractivity contribution in [3.63, 3.8) is 0 Å². The molecule has 0 bridgehead atoms.